The van der Waals surface area contributed by atoms with Crippen molar-refractivity contribution in [3.8, 4) is 5.75 Å². The highest BCUT2D eigenvalue weighted by molar-refractivity contribution is 6.04. The number of phenolic OH excluding ortho intramolecular Hbond substituents is 1. The van der Waals surface area contributed by atoms with Gasteiger partial charge in [0.25, 0.3) is 0 Å². The Balaban J connectivity index is 1.59. The largest absolute Gasteiger partial charge is 0.508 e. The standard InChI is InChI=1S/C32H37NO4/c1-18-13-19(2)28(20(3)14-18)23-16-26-30(27(35)17-23)29(22-9-6-10-24(34)15-22)31(32(36)37)25(33-26)12-11-21-7-4-5-8-21/h6,9-10,13-15,21,23,29,33-34H,4-5,7-8,11-12,16-17H2,1-3H3,(H,36,37). The molecule has 1 heterocycles. The van der Waals surface area contributed by atoms with E-state index < -0.39 is 11.9 Å². The molecule has 1 fully saturated rings. The second-order valence-electron chi connectivity index (χ2n) is 11.3. The molecule has 1 saturated carbocycles. The van der Waals surface area contributed by atoms with Crippen molar-refractivity contribution < 1.29 is 19.8 Å². The van der Waals surface area contributed by atoms with Gasteiger partial charge in [0.2, 0.25) is 0 Å². The lowest BCUT2D eigenvalue weighted by atomic mass is 9.70. The lowest BCUT2D eigenvalue weighted by Gasteiger charge is -2.38. The topological polar surface area (TPSA) is 86.6 Å². The molecule has 1 aliphatic heterocycles. The molecular formula is C32H37NO4. The van der Waals surface area contributed by atoms with E-state index >= 15 is 0 Å². The molecule has 5 nitrogen and oxygen atoms in total. The average molecular weight is 500 g/mol. The van der Waals surface area contributed by atoms with E-state index in [9.17, 15) is 19.8 Å². The van der Waals surface area contributed by atoms with Crippen molar-refractivity contribution in [2.24, 2.45) is 5.92 Å². The van der Waals surface area contributed by atoms with Crippen LogP contribution in [0.4, 0.5) is 0 Å². The Labute approximate surface area is 219 Å². The van der Waals surface area contributed by atoms with Gasteiger partial charge in [0.05, 0.1) is 5.57 Å². The highest BCUT2D eigenvalue weighted by atomic mass is 16.4. The zero-order chi connectivity index (χ0) is 26.3. The quantitative estimate of drug-likeness (QED) is 0.411. The molecule has 2 aromatic carbocycles. The van der Waals surface area contributed by atoms with Crippen LogP contribution >= 0.6 is 0 Å². The van der Waals surface area contributed by atoms with E-state index in [0.29, 0.717) is 36.3 Å². The molecule has 5 heteroatoms. The molecule has 2 aliphatic carbocycles. The van der Waals surface area contributed by atoms with Crippen LogP contribution in [0.25, 0.3) is 0 Å². The summed E-state index contributed by atoms with van der Waals surface area (Å²) < 4.78 is 0. The monoisotopic (exact) mass is 499 g/mol. The van der Waals surface area contributed by atoms with E-state index in [4.69, 9.17) is 0 Å². The maximum Gasteiger partial charge on any atom is 0.334 e. The normalized spacial score (nSPS) is 22.3. The number of Topliss-reactive ketones (excluding diaryl/α,β-unsaturated/α-hetero) is 1. The first-order chi connectivity index (χ1) is 17.7. The van der Waals surface area contributed by atoms with Crippen LogP contribution in [0, 0.1) is 26.7 Å². The van der Waals surface area contributed by atoms with Crippen molar-refractivity contribution in [3.05, 3.63) is 86.8 Å². The number of phenols is 1. The van der Waals surface area contributed by atoms with E-state index in [0.717, 1.165) is 17.8 Å². The molecule has 3 N–H and O–H groups in total. The number of rotatable bonds is 6. The number of aromatic hydroxyl groups is 1. The van der Waals surface area contributed by atoms with Crippen molar-refractivity contribution >= 4 is 11.8 Å². The van der Waals surface area contributed by atoms with Crippen molar-refractivity contribution in [1.82, 2.24) is 5.32 Å². The Morgan fingerprint density at radius 1 is 1.03 bits per heavy atom. The van der Waals surface area contributed by atoms with Gasteiger partial charge in [-0.25, -0.2) is 4.79 Å². The zero-order valence-corrected chi connectivity index (χ0v) is 22.1. The first kappa shape index (κ1) is 25.3. The highest BCUT2D eigenvalue weighted by Crippen LogP contribution is 2.47. The van der Waals surface area contributed by atoms with Crippen LogP contribution < -0.4 is 5.32 Å². The van der Waals surface area contributed by atoms with Crippen molar-refractivity contribution in [2.75, 3.05) is 0 Å². The van der Waals surface area contributed by atoms with Gasteiger partial charge in [-0.2, -0.15) is 0 Å². The van der Waals surface area contributed by atoms with Crippen LogP contribution in [0.15, 0.2) is 58.9 Å². The van der Waals surface area contributed by atoms with Gasteiger partial charge in [-0.05, 0) is 86.3 Å². The van der Waals surface area contributed by atoms with Gasteiger partial charge in [-0.15, -0.1) is 0 Å². The summed E-state index contributed by atoms with van der Waals surface area (Å²) in [5.74, 6) is -0.964. The lowest BCUT2D eigenvalue weighted by Crippen LogP contribution is -2.36. The number of aryl methyl sites for hydroxylation is 3. The number of hydrogen-bond acceptors (Lipinski definition) is 4. The molecule has 2 atom stereocenters. The smallest absolute Gasteiger partial charge is 0.334 e. The summed E-state index contributed by atoms with van der Waals surface area (Å²) in [7, 11) is 0. The number of ketones is 1. The fraction of sp³-hybridized carbons (Fsp3) is 0.438. The van der Waals surface area contributed by atoms with Gasteiger partial charge in [0, 0.05) is 29.3 Å². The van der Waals surface area contributed by atoms with Crippen LogP contribution in [0.1, 0.15) is 91.0 Å². The second kappa shape index (κ2) is 10.2. The fourth-order valence-electron chi connectivity index (χ4n) is 7.13. The fourth-order valence-corrected chi connectivity index (χ4v) is 7.13. The Kier molecular flexibility index (Phi) is 6.98. The zero-order valence-electron chi connectivity index (χ0n) is 22.1. The summed E-state index contributed by atoms with van der Waals surface area (Å²) in [5, 5.41) is 24.2. The van der Waals surface area contributed by atoms with Gasteiger partial charge in [-0.3, -0.25) is 4.79 Å². The number of carbonyl (C=O) groups is 2. The third-order valence-corrected chi connectivity index (χ3v) is 8.57. The van der Waals surface area contributed by atoms with Crippen LogP contribution in [0.5, 0.6) is 5.75 Å². The van der Waals surface area contributed by atoms with Gasteiger partial charge < -0.3 is 15.5 Å². The number of nitrogens with one attached hydrogen (secondary N) is 1. The first-order valence-corrected chi connectivity index (χ1v) is 13.6. The second-order valence-corrected chi connectivity index (χ2v) is 11.3. The van der Waals surface area contributed by atoms with Crippen LogP contribution in [0.2, 0.25) is 0 Å². The molecule has 3 aliphatic rings. The van der Waals surface area contributed by atoms with E-state index in [-0.39, 0.29) is 23.0 Å². The first-order valence-electron chi connectivity index (χ1n) is 13.6. The molecule has 0 radical (unpaired) electrons. The van der Waals surface area contributed by atoms with Gasteiger partial charge in [-0.1, -0.05) is 55.5 Å². The maximum atomic E-state index is 13.8. The predicted molar refractivity (Wildman–Crippen MR) is 144 cm³/mol. The molecule has 2 unspecified atom stereocenters. The minimum Gasteiger partial charge on any atom is -0.508 e. The summed E-state index contributed by atoms with van der Waals surface area (Å²) >= 11 is 0. The number of carbonyl (C=O) groups excluding carboxylic acids is 1. The minimum absolute atomic E-state index is 0.0138. The molecule has 0 bridgehead atoms. The van der Waals surface area contributed by atoms with E-state index in [1.807, 2.05) is 6.07 Å². The summed E-state index contributed by atoms with van der Waals surface area (Å²) in [6, 6.07) is 11.1. The minimum atomic E-state index is -1.01. The predicted octanol–water partition coefficient (Wildman–Crippen LogP) is 6.71. The Morgan fingerprint density at radius 2 is 1.73 bits per heavy atom. The summed E-state index contributed by atoms with van der Waals surface area (Å²) in [5.41, 5.74) is 7.84. The van der Waals surface area contributed by atoms with Crippen molar-refractivity contribution in [3.63, 3.8) is 0 Å². The summed E-state index contributed by atoms with van der Waals surface area (Å²) in [6.07, 6.45) is 7.51. The van der Waals surface area contributed by atoms with E-state index in [1.54, 1.807) is 18.2 Å². The number of dihydropyridines is 1. The molecule has 0 spiro atoms. The SMILES string of the molecule is Cc1cc(C)c(C2CC(=O)C3=C(C2)NC(CCC2CCCC2)=C(C(=O)O)C3c2cccc(O)c2)c(C)c1. The molecule has 2 aromatic rings. The number of aliphatic carboxylic acids is 1. The Bertz CT molecular complexity index is 1290. The van der Waals surface area contributed by atoms with Crippen molar-refractivity contribution in [2.45, 2.75) is 84.0 Å². The third-order valence-electron chi connectivity index (χ3n) is 8.57. The van der Waals surface area contributed by atoms with E-state index in [1.165, 1.54) is 47.9 Å². The van der Waals surface area contributed by atoms with Crippen molar-refractivity contribution in [1.29, 1.82) is 0 Å². The van der Waals surface area contributed by atoms with E-state index in [2.05, 4.69) is 38.2 Å². The Morgan fingerprint density at radius 3 is 2.38 bits per heavy atom. The lowest BCUT2D eigenvalue weighted by molar-refractivity contribution is -0.133. The molecule has 5 rings (SSSR count). The number of carboxylic acids is 1. The van der Waals surface area contributed by atoms with Gasteiger partial charge in [0.1, 0.15) is 5.75 Å². The maximum absolute atomic E-state index is 13.8. The Hall–Kier alpha value is -3.34. The number of allylic oxidation sites excluding steroid dienone is 3. The number of carboxylic acid groups (broad SMARTS) is 1. The molecular weight excluding hydrogens is 462 g/mol. The summed E-state index contributed by atoms with van der Waals surface area (Å²) in [6.45, 7) is 6.32. The number of benzene rings is 2. The van der Waals surface area contributed by atoms with Crippen LogP contribution in [-0.2, 0) is 9.59 Å². The average Bonchev–Trinajstić information content (AvgIpc) is 3.34. The molecule has 0 amide bonds. The van der Waals surface area contributed by atoms with Gasteiger partial charge >= 0.3 is 5.97 Å². The number of hydrogen-bond donors (Lipinski definition) is 3. The highest BCUT2D eigenvalue weighted by Gasteiger charge is 2.42. The van der Waals surface area contributed by atoms with Crippen LogP contribution in [-0.4, -0.2) is 22.0 Å². The van der Waals surface area contributed by atoms with Gasteiger partial charge in [0.15, 0.2) is 5.78 Å². The molecule has 194 valence electrons. The molecule has 0 saturated heterocycles. The molecule has 0 aromatic heterocycles. The van der Waals surface area contributed by atoms with Crippen LogP contribution in [0.3, 0.4) is 0 Å². The third kappa shape index (κ3) is 4.96. The molecule has 37 heavy (non-hydrogen) atoms. The summed E-state index contributed by atoms with van der Waals surface area (Å²) in [4.78, 5) is 26.6.